The lowest BCUT2D eigenvalue weighted by molar-refractivity contribution is 0.402. The predicted octanol–water partition coefficient (Wildman–Crippen LogP) is 3.78. The molecule has 0 aliphatic carbocycles. The zero-order valence-corrected chi connectivity index (χ0v) is 18.4. The zero-order valence-electron chi connectivity index (χ0n) is 17.6. The first-order valence-corrected chi connectivity index (χ1v) is 11.1. The molecule has 0 fully saturated rings. The van der Waals surface area contributed by atoms with E-state index in [2.05, 4.69) is 14.8 Å². The van der Waals surface area contributed by atoms with Gasteiger partial charge in [-0.05, 0) is 43.7 Å². The van der Waals surface area contributed by atoms with Crippen molar-refractivity contribution in [2.45, 2.75) is 25.3 Å². The smallest absolute Gasteiger partial charge is 0.244 e. The molecule has 0 spiro atoms. The van der Waals surface area contributed by atoms with Gasteiger partial charge in [0.15, 0.2) is 5.65 Å². The molecule has 0 saturated heterocycles. The Hall–Kier alpha value is -3.37. The van der Waals surface area contributed by atoms with Crippen LogP contribution in [0.1, 0.15) is 17.0 Å². The van der Waals surface area contributed by atoms with Gasteiger partial charge in [-0.15, -0.1) is 0 Å². The molecule has 2 heterocycles. The van der Waals surface area contributed by atoms with Gasteiger partial charge in [-0.1, -0.05) is 12.1 Å². The van der Waals surface area contributed by atoms with Crippen LogP contribution in [0, 0.1) is 25.5 Å². The largest absolute Gasteiger partial charge is 0.495 e. The highest BCUT2D eigenvalue weighted by Gasteiger charge is 2.22. The van der Waals surface area contributed by atoms with Gasteiger partial charge in [-0.3, -0.25) is 0 Å². The maximum absolute atomic E-state index is 13.9. The molecule has 1 N–H and O–H groups in total. The van der Waals surface area contributed by atoms with E-state index < -0.39 is 21.7 Å². The summed E-state index contributed by atoms with van der Waals surface area (Å²) < 4.78 is 62.4. The van der Waals surface area contributed by atoms with Crippen LogP contribution in [0.15, 0.2) is 53.6 Å². The highest BCUT2D eigenvalue weighted by molar-refractivity contribution is 7.89. The van der Waals surface area contributed by atoms with E-state index in [1.807, 2.05) is 19.9 Å². The number of aromatic nitrogens is 3. The zero-order chi connectivity index (χ0) is 23.0. The topological polar surface area (TPSA) is 85.6 Å². The highest BCUT2D eigenvalue weighted by Crippen LogP contribution is 2.32. The number of hydrogen-bond donors (Lipinski definition) is 1. The van der Waals surface area contributed by atoms with E-state index in [1.54, 1.807) is 16.8 Å². The molecule has 0 radical (unpaired) electrons. The maximum atomic E-state index is 13.9. The number of nitrogens with zero attached hydrogens (tertiary/aromatic N) is 3. The monoisotopic (exact) mass is 458 g/mol. The van der Waals surface area contributed by atoms with Crippen molar-refractivity contribution < 1.29 is 21.9 Å². The minimum atomic E-state index is -4.09. The molecule has 0 atom stereocenters. The van der Waals surface area contributed by atoms with Crippen LogP contribution >= 0.6 is 0 Å². The number of ether oxygens (including phenoxy) is 1. The van der Waals surface area contributed by atoms with Gasteiger partial charge in [0.25, 0.3) is 0 Å². The Kier molecular flexibility index (Phi) is 5.66. The van der Waals surface area contributed by atoms with Crippen LogP contribution in [0.25, 0.3) is 16.8 Å². The van der Waals surface area contributed by atoms with Crippen LogP contribution in [0.5, 0.6) is 5.75 Å². The summed E-state index contributed by atoms with van der Waals surface area (Å²) in [6, 6.07) is 9.56. The van der Waals surface area contributed by atoms with Crippen LogP contribution in [0.2, 0.25) is 0 Å². The second-order valence-electron chi connectivity index (χ2n) is 7.26. The van der Waals surface area contributed by atoms with Gasteiger partial charge in [0, 0.05) is 35.1 Å². The molecule has 0 aliphatic heterocycles. The van der Waals surface area contributed by atoms with E-state index in [9.17, 15) is 17.2 Å². The predicted molar refractivity (Wildman–Crippen MR) is 115 cm³/mol. The van der Waals surface area contributed by atoms with Crippen molar-refractivity contribution in [2.24, 2.45) is 0 Å². The Labute approximate surface area is 183 Å². The average molecular weight is 458 g/mol. The Bertz CT molecular complexity index is 1430. The number of methoxy groups -OCH3 is 1. The van der Waals surface area contributed by atoms with Crippen LogP contribution in [0.3, 0.4) is 0 Å². The lowest BCUT2D eigenvalue weighted by Gasteiger charge is -2.13. The van der Waals surface area contributed by atoms with E-state index >= 15 is 0 Å². The summed E-state index contributed by atoms with van der Waals surface area (Å²) in [5.74, 6) is -1.45. The Morgan fingerprint density at radius 2 is 1.88 bits per heavy atom. The SMILES string of the molecule is COc1ccc(-c2cnn3c(C)cc(C)nc23)cc1S(=O)(=O)NCc1ccc(F)cc1F. The number of benzene rings is 2. The van der Waals surface area contributed by atoms with Gasteiger partial charge >= 0.3 is 0 Å². The van der Waals surface area contributed by atoms with Crippen LogP contribution in [-0.4, -0.2) is 30.1 Å². The number of halogens is 2. The number of sulfonamides is 1. The van der Waals surface area contributed by atoms with Crippen LogP contribution in [-0.2, 0) is 16.6 Å². The molecule has 32 heavy (non-hydrogen) atoms. The normalized spacial score (nSPS) is 11.8. The van der Waals surface area contributed by atoms with Gasteiger partial charge in [-0.25, -0.2) is 31.4 Å². The molecule has 4 aromatic rings. The molecule has 0 saturated carbocycles. The number of nitrogens with one attached hydrogen (secondary N) is 1. The minimum Gasteiger partial charge on any atom is -0.495 e. The van der Waals surface area contributed by atoms with Gasteiger partial charge in [-0.2, -0.15) is 5.10 Å². The Balaban J connectivity index is 1.74. The van der Waals surface area contributed by atoms with E-state index in [-0.39, 0.29) is 22.8 Å². The average Bonchev–Trinajstić information content (AvgIpc) is 3.17. The van der Waals surface area contributed by atoms with E-state index in [1.165, 1.54) is 25.3 Å². The summed E-state index contributed by atoms with van der Waals surface area (Å²) in [5, 5.41) is 4.35. The fourth-order valence-electron chi connectivity index (χ4n) is 3.44. The fraction of sp³-hybridized carbons (Fsp3) is 0.182. The summed E-state index contributed by atoms with van der Waals surface area (Å²) in [4.78, 5) is 4.41. The number of fused-ring (bicyclic) bond motifs is 1. The van der Waals surface area contributed by atoms with Crippen molar-refractivity contribution in [3.05, 3.63) is 77.2 Å². The maximum Gasteiger partial charge on any atom is 0.244 e. The lowest BCUT2D eigenvalue weighted by atomic mass is 10.1. The number of aryl methyl sites for hydroxylation is 2. The van der Waals surface area contributed by atoms with Crippen molar-refractivity contribution in [1.29, 1.82) is 0 Å². The van der Waals surface area contributed by atoms with Crippen molar-refractivity contribution in [3.63, 3.8) is 0 Å². The number of hydrogen-bond acceptors (Lipinski definition) is 5. The molecule has 7 nitrogen and oxygen atoms in total. The van der Waals surface area contributed by atoms with E-state index in [0.717, 1.165) is 17.5 Å². The second-order valence-corrected chi connectivity index (χ2v) is 8.99. The Morgan fingerprint density at radius 1 is 1.09 bits per heavy atom. The van der Waals surface area contributed by atoms with Crippen molar-refractivity contribution >= 4 is 15.7 Å². The van der Waals surface area contributed by atoms with Gasteiger partial charge in [0.05, 0.1) is 13.3 Å². The van der Waals surface area contributed by atoms with E-state index in [0.29, 0.717) is 22.8 Å². The molecular formula is C22H20F2N4O3S. The molecular weight excluding hydrogens is 438 g/mol. The fourth-order valence-corrected chi connectivity index (χ4v) is 4.64. The second kappa shape index (κ2) is 8.29. The first kappa shape index (κ1) is 21.8. The molecule has 0 bridgehead atoms. The molecule has 2 aromatic heterocycles. The quantitative estimate of drug-likeness (QED) is 0.475. The highest BCUT2D eigenvalue weighted by atomic mass is 32.2. The third kappa shape index (κ3) is 4.06. The molecule has 2 aromatic carbocycles. The van der Waals surface area contributed by atoms with Gasteiger partial charge < -0.3 is 4.74 Å². The molecule has 4 rings (SSSR count). The standard InChI is InChI=1S/C22H20F2N4O3S/c1-13-8-14(2)28-22(27-13)18(12-25-28)15-5-7-20(31-3)21(9-15)32(29,30)26-11-16-4-6-17(23)10-19(16)24/h4-10,12,26H,11H2,1-3H3. The molecule has 10 heteroatoms. The first-order valence-electron chi connectivity index (χ1n) is 9.63. The third-order valence-corrected chi connectivity index (χ3v) is 6.43. The summed E-state index contributed by atoms with van der Waals surface area (Å²) in [5.41, 5.74) is 3.54. The lowest BCUT2D eigenvalue weighted by Crippen LogP contribution is -2.24. The Morgan fingerprint density at radius 3 is 2.59 bits per heavy atom. The summed E-state index contributed by atoms with van der Waals surface area (Å²) in [7, 11) is -2.74. The number of rotatable bonds is 6. The van der Waals surface area contributed by atoms with Crippen LogP contribution < -0.4 is 9.46 Å². The van der Waals surface area contributed by atoms with Gasteiger partial charge in [0.2, 0.25) is 10.0 Å². The molecule has 166 valence electrons. The van der Waals surface area contributed by atoms with Crippen molar-refractivity contribution in [2.75, 3.05) is 7.11 Å². The summed E-state index contributed by atoms with van der Waals surface area (Å²) >= 11 is 0. The minimum absolute atomic E-state index is 0.0166. The molecule has 0 unspecified atom stereocenters. The third-order valence-electron chi connectivity index (χ3n) is 5.01. The summed E-state index contributed by atoms with van der Waals surface area (Å²) in [6.45, 7) is 3.42. The molecule has 0 amide bonds. The van der Waals surface area contributed by atoms with E-state index in [4.69, 9.17) is 4.74 Å². The van der Waals surface area contributed by atoms with Crippen LogP contribution in [0.4, 0.5) is 8.78 Å². The molecule has 0 aliphatic rings. The van der Waals surface area contributed by atoms with Gasteiger partial charge in [0.1, 0.15) is 22.3 Å². The first-order chi connectivity index (χ1) is 15.2. The van der Waals surface area contributed by atoms with Crippen molar-refractivity contribution in [1.82, 2.24) is 19.3 Å². The summed E-state index contributed by atoms with van der Waals surface area (Å²) in [6.07, 6.45) is 1.62. The van der Waals surface area contributed by atoms with Crippen molar-refractivity contribution in [3.8, 4) is 16.9 Å².